The third-order valence-corrected chi connectivity index (χ3v) is 2.33. The first-order valence-corrected chi connectivity index (χ1v) is 4.18. The molecule has 11 heavy (non-hydrogen) atoms. The van der Waals surface area contributed by atoms with Gasteiger partial charge < -0.3 is 4.90 Å². The van der Waals surface area contributed by atoms with Crippen molar-refractivity contribution in [3.05, 3.63) is 11.1 Å². The summed E-state index contributed by atoms with van der Waals surface area (Å²) in [4.78, 5) is 6.23. The Hall–Kier alpha value is -1.01. The van der Waals surface area contributed by atoms with E-state index >= 15 is 0 Å². The summed E-state index contributed by atoms with van der Waals surface area (Å²) in [5, 5.41) is 3.00. The summed E-state index contributed by atoms with van der Waals surface area (Å²) in [7, 11) is 1.94. The summed E-state index contributed by atoms with van der Waals surface area (Å²) in [5.41, 5.74) is 1.05. The van der Waals surface area contributed by atoms with Crippen LogP contribution in [-0.2, 0) is 0 Å². The van der Waals surface area contributed by atoms with E-state index in [-0.39, 0.29) is 0 Å². The Morgan fingerprint density at radius 2 is 2.55 bits per heavy atom. The molecular formula is C8H10N2S. The fourth-order valence-electron chi connectivity index (χ4n) is 0.721. The van der Waals surface area contributed by atoms with Crippen molar-refractivity contribution in [1.29, 1.82) is 0 Å². The van der Waals surface area contributed by atoms with Gasteiger partial charge in [0.15, 0.2) is 5.13 Å². The smallest absolute Gasteiger partial charge is 0.186 e. The van der Waals surface area contributed by atoms with Crippen LogP contribution in [0.3, 0.4) is 0 Å². The lowest BCUT2D eigenvalue weighted by Crippen LogP contribution is -2.16. The van der Waals surface area contributed by atoms with Crippen molar-refractivity contribution in [2.45, 2.75) is 6.92 Å². The van der Waals surface area contributed by atoms with Gasteiger partial charge in [-0.2, -0.15) is 0 Å². The molecule has 0 aliphatic carbocycles. The minimum Gasteiger partial charge on any atom is -0.340 e. The van der Waals surface area contributed by atoms with E-state index in [9.17, 15) is 0 Å². The Kier molecular flexibility index (Phi) is 2.50. The molecule has 0 saturated carbocycles. The summed E-state index contributed by atoms with van der Waals surface area (Å²) >= 11 is 1.62. The summed E-state index contributed by atoms with van der Waals surface area (Å²) in [5.74, 6) is 2.57. The molecule has 1 heterocycles. The molecule has 0 spiro atoms. The third kappa shape index (κ3) is 1.95. The Morgan fingerprint density at radius 3 is 3.00 bits per heavy atom. The Balaban J connectivity index is 2.70. The van der Waals surface area contributed by atoms with Crippen molar-refractivity contribution >= 4 is 16.5 Å². The van der Waals surface area contributed by atoms with Gasteiger partial charge in [0.25, 0.3) is 0 Å². The van der Waals surface area contributed by atoms with E-state index in [2.05, 4.69) is 10.9 Å². The average Bonchev–Trinajstić information content (AvgIpc) is 2.36. The number of terminal acetylenes is 1. The second-order valence-corrected chi connectivity index (χ2v) is 3.17. The monoisotopic (exact) mass is 166 g/mol. The van der Waals surface area contributed by atoms with Crippen LogP contribution in [-0.4, -0.2) is 18.6 Å². The van der Waals surface area contributed by atoms with Gasteiger partial charge in [0.1, 0.15) is 0 Å². The third-order valence-electron chi connectivity index (χ3n) is 1.26. The number of hydrogen-bond acceptors (Lipinski definition) is 3. The van der Waals surface area contributed by atoms with E-state index < -0.39 is 0 Å². The highest BCUT2D eigenvalue weighted by atomic mass is 32.1. The number of hydrogen-bond donors (Lipinski definition) is 0. The minimum absolute atomic E-state index is 0.618. The molecule has 1 aromatic rings. The lowest BCUT2D eigenvalue weighted by molar-refractivity contribution is 1.02. The van der Waals surface area contributed by atoms with E-state index in [0.29, 0.717) is 6.54 Å². The number of nitrogens with zero attached hydrogens (tertiary/aromatic N) is 2. The van der Waals surface area contributed by atoms with Gasteiger partial charge in [-0.15, -0.1) is 17.8 Å². The highest BCUT2D eigenvalue weighted by molar-refractivity contribution is 7.13. The van der Waals surface area contributed by atoms with E-state index in [0.717, 1.165) is 10.8 Å². The van der Waals surface area contributed by atoms with Crippen LogP contribution in [0.25, 0.3) is 0 Å². The highest BCUT2D eigenvalue weighted by Gasteiger charge is 2.01. The predicted octanol–water partition coefficient (Wildman–Crippen LogP) is 1.52. The summed E-state index contributed by atoms with van der Waals surface area (Å²) in [6, 6.07) is 0. The quantitative estimate of drug-likeness (QED) is 0.619. The molecular weight excluding hydrogens is 156 g/mol. The molecule has 0 radical (unpaired) electrons. The molecule has 0 fully saturated rings. The molecule has 3 heteroatoms. The van der Waals surface area contributed by atoms with Crippen molar-refractivity contribution in [3.63, 3.8) is 0 Å². The second kappa shape index (κ2) is 3.40. The standard InChI is InChI=1S/C8H10N2S/c1-4-5-10(3)8-9-7(2)6-11-8/h1,6H,5H2,2-3H3. The van der Waals surface area contributed by atoms with Crippen LogP contribution in [0.15, 0.2) is 5.38 Å². The van der Waals surface area contributed by atoms with E-state index in [4.69, 9.17) is 6.42 Å². The molecule has 0 unspecified atom stereocenters. The maximum absolute atomic E-state index is 5.16. The normalized spacial score (nSPS) is 9.18. The van der Waals surface area contributed by atoms with Gasteiger partial charge >= 0.3 is 0 Å². The average molecular weight is 166 g/mol. The van der Waals surface area contributed by atoms with Crippen molar-refractivity contribution in [1.82, 2.24) is 4.98 Å². The van der Waals surface area contributed by atoms with Crippen LogP contribution in [0.5, 0.6) is 0 Å². The number of rotatable bonds is 2. The molecule has 0 amide bonds. The zero-order valence-corrected chi connectivity index (χ0v) is 7.48. The van der Waals surface area contributed by atoms with Crippen LogP contribution in [0, 0.1) is 19.3 Å². The molecule has 0 N–H and O–H groups in total. The number of aromatic nitrogens is 1. The van der Waals surface area contributed by atoms with Gasteiger partial charge in [0.2, 0.25) is 0 Å². The molecule has 0 aliphatic rings. The SMILES string of the molecule is C#CCN(C)c1nc(C)cs1. The first kappa shape index (κ1) is 8.09. The molecule has 0 aliphatic heterocycles. The number of aryl methyl sites for hydroxylation is 1. The summed E-state index contributed by atoms with van der Waals surface area (Å²) < 4.78 is 0. The largest absolute Gasteiger partial charge is 0.340 e. The molecule has 0 aromatic carbocycles. The van der Waals surface area contributed by atoms with Gasteiger partial charge in [-0.1, -0.05) is 5.92 Å². The molecule has 2 nitrogen and oxygen atoms in total. The second-order valence-electron chi connectivity index (χ2n) is 2.33. The summed E-state index contributed by atoms with van der Waals surface area (Å²) in [6.07, 6.45) is 5.16. The lowest BCUT2D eigenvalue weighted by Gasteiger charge is -2.10. The zero-order chi connectivity index (χ0) is 8.27. The highest BCUT2D eigenvalue weighted by Crippen LogP contribution is 2.17. The Bertz CT molecular complexity index is 272. The first-order chi connectivity index (χ1) is 5.24. The van der Waals surface area contributed by atoms with E-state index in [1.54, 1.807) is 11.3 Å². The molecule has 1 aromatic heterocycles. The fourth-order valence-corrected chi connectivity index (χ4v) is 1.49. The van der Waals surface area contributed by atoms with Crippen molar-refractivity contribution < 1.29 is 0 Å². The van der Waals surface area contributed by atoms with Crippen molar-refractivity contribution in [3.8, 4) is 12.3 Å². The fraction of sp³-hybridized carbons (Fsp3) is 0.375. The van der Waals surface area contributed by atoms with Gasteiger partial charge in [0.05, 0.1) is 12.2 Å². The molecule has 1 rings (SSSR count). The first-order valence-electron chi connectivity index (χ1n) is 3.30. The number of thiazole rings is 1. The van der Waals surface area contributed by atoms with E-state index in [1.165, 1.54) is 0 Å². The molecule has 58 valence electrons. The predicted molar refractivity (Wildman–Crippen MR) is 49.0 cm³/mol. The van der Waals surface area contributed by atoms with Gasteiger partial charge in [-0.05, 0) is 6.92 Å². The minimum atomic E-state index is 0.618. The van der Waals surface area contributed by atoms with Crippen LogP contribution in [0.1, 0.15) is 5.69 Å². The molecule has 0 bridgehead atoms. The van der Waals surface area contributed by atoms with Crippen LogP contribution in [0.4, 0.5) is 5.13 Å². The maximum Gasteiger partial charge on any atom is 0.186 e. The van der Waals surface area contributed by atoms with Crippen molar-refractivity contribution in [2.24, 2.45) is 0 Å². The van der Waals surface area contributed by atoms with E-state index in [1.807, 2.05) is 24.3 Å². The van der Waals surface area contributed by atoms with Crippen molar-refractivity contribution in [2.75, 3.05) is 18.5 Å². The van der Waals surface area contributed by atoms with Crippen LogP contribution >= 0.6 is 11.3 Å². The van der Waals surface area contributed by atoms with Gasteiger partial charge in [-0.25, -0.2) is 4.98 Å². The topological polar surface area (TPSA) is 16.1 Å². The summed E-state index contributed by atoms with van der Waals surface area (Å²) in [6.45, 7) is 2.59. The molecule has 0 atom stereocenters. The van der Waals surface area contributed by atoms with Gasteiger partial charge in [-0.3, -0.25) is 0 Å². The Morgan fingerprint density at radius 1 is 1.82 bits per heavy atom. The van der Waals surface area contributed by atoms with Crippen LogP contribution < -0.4 is 4.90 Å². The Labute approximate surface area is 70.9 Å². The zero-order valence-electron chi connectivity index (χ0n) is 6.66. The maximum atomic E-state index is 5.16. The lowest BCUT2D eigenvalue weighted by atomic mass is 10.6. The van der Waals surface area contributed by atoms with Gasteiger partial charge in [0, 0.05) is 12.4 Å². The van der Waals surface area contributed by atoms with Crippen LogP contribution in [0.2, 0.25) is 0 Å². The number of anilines is 1. The molecule has 0 saturated heterocycles.